The van der Waals surface area contributed by atoms with Crippen LogP contribution in [-0.4, -0.2) is 27.4 Å². The number of halogens is 1. The number of carbonyl (C=O) groups excluding carboxylic acids is 1. The number of aromatic amines is 1. The third-order valence-corrected chi connectivity index (χ3v) is 5.45. The number of benzene rings is 2. The lowest BCUT2D eigenvalue weighted by molar-refractivity contribution is 0.205. The van der Waals surface area contributed by atoms with Crippen LogP contribution in [0.25, 0.3) is 11.4 Å². The van der Waals surface area contributed by atoms with Crippen LogP contribution < -0.4 is 10.9 Å². The zero-order chi connectivity index (χ0) is 19.7. The fourth-order valence-electron chi connectivity index (χ4n) is 3.28. The molecule has 2 amide bonds. The molecule has 1 aromatic heterocycles. The summed E-state index contributed by atoms with van der Waals surface area (Å²) in [5.74, 6) is 0.568. The maximum atomic E-state index is 12.7. The first-order valence-corrected chi connectivity index (χ1v) is 9.80. The maximum absolute atomic E-state index is 12.7. The molecule has 0 saturated carbocycles. The van der Waals surface area contributed by atoms with Crippen molar-refractivity contribution in [1.29, 1.82) is 0 Å². The number of hydrogen-bond donors (Lipinski definition) is 2. The highest BCUT2D eigenvalue weighted by atomic mass is 79.9. The molecule has 0 fully saturated rings. The Morgan fingerprint density at radius 1 is 1.21 bits per heavy atom. The van der Waals surface area contributed by atoms with Crippen molar-refractivity contribution in [2.45, 2.75) is 19.9 Å². The van der Waals surface area contributed by atoms with Crippen LogP contribution in [0.15, 0.2) is 57.8 Å². The van der Waals surface area contributed by atoms with E-state index in [9.17, 15) is 9.59 Å². The Balaban J connectivity index is 1.57. The monoisotopic (exact) mass is 438 g/mol. The summed E-state index contributed by atoms with van der Waals surface area (Å²) >= 11 is 3.42. The van der Waals surface area contributed by atoms with Gasteiger partial charge < -0.3 is 15.2 Å². The van der Waals surface area contributed by atoms with Gasteiger partial charge in [-0.15, -0.1) is 0 Å². The number of nitrogens with zero attached hydrogens (tertiary/aromatic N) is 2. The lowest BCUT2D eigenvalue weighted by Gasteiger charge is -2.28. The molecule has 0 unspecified atom stereocenters. The summed E-state index contributed by atoms with van der Waals surface area (Å²) in [6.45, 7) is 2.75. The molecule has 7 heteroatoms. The van der Waals surface area contributed by atoms with Gasteiger partial charge in [0.1, 0.15) is 5.82 Å². The zero-order valence-corrected chi connectivity index (χ0v) is 16.9. The molecule has 2 heterocycles. The highest BCUT2D eigenvalue weighted by Gasteiger charge is 2.25. The first-order valence-electron chi connectivity index (χ1n) is 9.01. The van der Waals surface area contributed by atoms with Crippen molar-refractivity contribution in [3.8, 4) is 11.4 Å². The molecule has 28 heavy (non-hydrogen) atoms. The van der Waals surface area contributed by atoms with Gasteiger partial charge in [0.2, 0.25) is 0 Å². The molecule has 6 nitrogen and oxygen atoms in total. The summed E-state index contributed by atoms with van der Waals surface area (Å²) in [7, 11) is 0. The summed E-state index contributed by atoms with van der Waals surface area (Å²) in [4.78, 5) is 34.4. The van der Waals surface area contributed by atoms with Crippen LogP contribution in [0.3, 0.4) is 0 Å². The summed E-state index contributed by atoms with van der Waals surface area (Å²) < 4.78 is 0.808. The van der Waals surface area contributed by atoms with Gasteiger partial charge in [0, 0.05) is 23.0 Å². The number of hydrogen-bond acceptors (Lipinski definition) is 3. The van der Waals surface area contributed by atoms with Crippen molar-refractivity contribution in [3.05, 3.63) is 80.2 Å². The van der Waals surface area contributed by atoms with Gasteiger partial charge in [0.05, 0.1) is 23.5 Å². The van der Waals surface area contributed by atoms with Gasteiger partial charge in [-0.3, -0.25) is 4.79 Å². The topological polar surface area (TPSA) is 78.1 Å². The third-order valence-electron chi connectivity index (χ3n) is 4.76. The molecule has 1 aliphatic rings. The summed E-state index contributed by atoms with van der Waals surface area (Å²) in [5, 5.41) is 2.88. The number of rotatable bonds is 2. The second-order valence-electron chi connectivity index (χ2n) is 6.79. The number of urea groups is 1. The van der Waals surface area contributed by atoms with Crippen molar-refractivity contribution in [1.82, 2.24) is 14.9 Å². The number of amides is 2. The smallest absolute Gasteiger partial charge is 0.320 e. The van der Waals surface area contributed by atoms with E-state index in [1.54, 1.807) is 4.90 Å². The van der Waals surface area contributed by atoms with E-state index in [1.165, 1.54) is 0 Å². The van der Waals surface area contributed by atoms with E-state index >= 15 is 0 Å². The highest BCUT2D eigenvalue weighted by molar-refractivity contribution is 9.10. The minimum absolute atomic E-state index is 0.195. The fraction of sp³-hybridized carbons (Fsp3) is 0.190. The lowest BCUT2D eigenvalue weighted by Crippen LogP contribution is -2.41. The number of aromatic nitrogens is 2. The summed E-state index contributed by atoms with van der Waals surface area (Å²) in [6.07, 6.45) is 0.543. The predicted molar refractivity (Wildman–Crippen MR) is 112 cm³/mol. The van der Waals surface area contributed by atoms with Gasteiger partial charge in [-0.2, -0.15) is 0 Å². The van der Waals surface area contributed by atoms with E-state index in [4.69, 9.17) is 0 Å². The molecule has 142 valence electrons. The van der Waals surface area contributed by atoms with Crippen LogP contribution in [0.2, 0.25) is 0 Å². The van der Waals surface area contributed by atoms with Crippen LogP contribution in [0.4, 0.5) is 10.5 Å². The van der Waals surface area contributed by atoms with Crippen LogP contribution in [0.1, 0.15) is 16.8 Å². The zero-order valence-electron chi connectivity index (χ0n) is 15.3. The molecule has 0 saturated heterocycles. The Morgan fingerprint density at radius 2 is 2.04 bits per heavy atom. The van der Waals surface area contributed by atoms with Crippen LogP contribution >= 0.6 is 15.9 Å². The van der Waals surface area contributed by atoms with E-state index in [1.807, 2.05) is 55.5 Å². The van der Waals surface area contributed by atoms with Gasteiger partial charge in [-0.05, 0) is 41.1 Å². The molecule has 0 aliphatic carbocycles. The molecule has 0 spiro atoms. The average Bonchev–Trinajstić information content (AvgIpc) is 2.69. The Bertz CT molecular complexity index is 1110. The highest BCUT2D eigenvalue weighted by Crippen LogP contribution is 2.23. The van der Waals surface area contributed by atoms with E-state index in [0.717, 1.165) is 21.3 Å². The first-order chi connectivity index (χ1) is 13.5. The van der Waals surface area contributed by atoms with Crippen LogP contribution in [-0.2, 0) is 13.0 Å². The second-order valence-corrected chi connectivity index (χ2v) is 7.65. The number of para-hydroxylation sites is 1. The first kappa shape index (κ1) is 18.4. The molecule has 4 rings (SSSR count). The second kappa shape index (κ2) is 7.59. The van der Waals surface area contributed by atoms with Gasteiger partial charge in [-0.1, -0.05) is 35.9 Å². The normalized spacial score (nSPS) is 13.1. The minimum Gasteiger partial charge on any atom is -0.320 e. The van der Waals surface area contributed by atoms with Crippen molar-refractivity contribution < 1.29 is 4.79 Å². The van der Waals surface area contributed by atoms with E-state index in [-0.39, 0.29) is 18.1 Å². The molecule has 2 N–H and O–H groups in total. The van der Waals surface area contributed by atoms with E-state index in [2.05, 4.69) is 31.2 Å². The van der Waals surface area contributed by atoms with Crippen molar-refractivity contribution >= 4 is 27.6 Å². The van der Waals surface area contributed by atoms with Gasteiger partial charge in [0.25, 0.3) is 5.56 Å². The molecule has 1 aliphatic heterocycles. The molecule has 2 aromatic carbocycles. The molecular formula is C21H19BrN4O2. The van der Waals surface area contributed by atoms with Gasteiger partial charge >= 0.3 is 6.03 Å². The van der Waals surface area contributed by atoms with Gasteiger partial charge in [-0.25, -0.2) is 9.78 Å². The summed E-state index contributed by atoms with van der Waals surface area (Å²) in [5.41, 5.74) is 3.79. The van der Waals surface area contributed by atoms with Crippen LogP contribution in [0.5, 0.6) is 0 Å². The number of fused-ring (bicyclic) bond motifs is 1. The molecule has 0 radical (unpaired) electrons. The Morgan fingerprint density at radius 3 is 2.82 bits per heavy atom. The van der Waals surface area contributed by atoms with E-state index < -0.39 is 0 Å². The molecule has 3 aromatic rings. The largest absolute Gasteiger partial charge is 0.322 e. The van der Waals surface area contributed by atoms with E-state index in [0.29, 0.717) is 30.0 Å². The standard InChI is InChI=1S/C21H19BrN4O2/c1-13-5-4-6-14(11-13)19-23-17-9-10-26(12-15(17)20(27)25-19)21(28)24-18-8-3-2-7-16(18)22/h2-8,11H,9-10,12H2,1H3,(H,24,28)(H,23,25,27). The lowest BCUT2D eigenvalue weighted by atomic mass is 10.1. The quantitative estimate of drug-likeness (QED) is 0.631. The SMILES string of the molecule is Cc1cccc(-c2nc3c(c(=O)[nH]2)CN(C(=O)Nc2ccccc2Br)CC3)c1. The number of nitrogens with one attached hydrogen (secondary N) is 2. The Labute approximate surface area is 170 Å². The minimum atomic E-state index is -0.236. The Kier molecular flexibility index (Phi) is 5.00. The number of H-pyrrole nitrogens is 1. The fourth-order valence-corrected chi connectivity index (χ4v) is 3.67. The number of carbonyl (C=O) groups is 1. The van der Waals surface area contributed by atoms with Crippen molar-refractivity contribution in [2.75, 3.05) is 11.9 Å². The molecule has 0 bridgehead atoms. The summed E-state index contributed by atoms with van der Waals surface area (Å²) in [6, 6.07) is 15.0. The van der Waals surface area contributed by atoms with Crippen molar-refractivity contribution in [3.63, 3.8) is 0 Å². The predicted octanol–water partition coefficient (Wildman–Crippen LogP) is 4.10. The average molecular weight is 439 g/mol. The van der Waals surface area contributed by atoms with Crippen molar-refractivity contribution in [2.24, 2.45) is 0 Å². The Hall–Kier alpha value is -2.93. The molecule has 0 atom stereocenters. The van der Waals surface area contributed by atoms with Crippen LogP contribution in [0, 0.1) is 6.92 Å². The maximum Gasteiger partial charge on any atom is 0.322 e. The number of aryl methyl sites for hydroxylation is 1. The molecular weight excluding hydrogens is 420 g/mol. The number of anilines is 1. The third kappa shape index (κ3) is 3.71. The van der Waals surface area contributed by atoms with Gasteiger partial charge in [0.15, 0.2) is 0 Å².